The fourth-order valence-electron chi connectivity index (χ4n) is 5.29. The van der Waals surface area contributed by atoms with Crippen molar-refractivity contribution in [2.75, 3.05) is 7.05 Å². The number of amides is 1. The van der Waals surface area contributed by atoms with Crippen LogP contribution < -0.4 is 5.73 Å². The Morgan fingerprint density at radius 2 is 1.71 bits per heavy atom. The lowest BCUT2D eigenvalue weighted by Crippen LogP contribution is -2.40. The van der Waals surface area contributed by atoms with Crippen molar-refractivity contribution < 1.29 is 4.79 Å². The van der Waals surface area contributed by atoms with Gasteiger partial charge >= 0.3 is 0 Å². The Hall–Kier alpha value is -3.25. The Morgan fingerprint density at radius 1 is 0.947 bits per heavy atom. The number of nitrogens with two attached hydrogens (primary N) is 1. The molecule has 4 nitrogen and oxygen atoms in total. The molecule has 2 aromatic heterocycles. The third-order valence-corrected chi connectivity index (χ3v) is 8.84. The average Bonchev–Trinajstić information content (AvgIpc) is 3.33. The second kappa shape index (κ2) is 12.1. The van der Waals surface area contributed by atoms with Gasteiger partial charge in [-0.25, -0.2) is 4.98 Å². The first-order valence-electron chi connectivity index (χ1n) is 13.2. The van der Waals surface area contributed by atoms with E-state index in [1.54, 1.807) is 0 Å². The van der Waals surface area contributed by atoms with Gasteiger partial charge < -0.3 is 10.6 Å². The number of fused-ring (bicyclic) bond motifs is 2. The normalized spacial score (nSPS) is 13.8. The predicted molar refractivity (Wildman–Crippen MR) is 161 cm³/mol. The zero-order valence-electron chi connectivity index (χ0n) is 21.6. The molecule has 0 radical (unpaired) electrons. The van der Waals surface area contributed by atoms with Crippen molar-refractivity contribution >= 4 is 49.8 Å². The van der Waals surface area contributed by atoms with Gasteiger partial charge in [0.1, 0.15) is 4.88 Å². The largest absolute Gasteiger partial charge is 0.333 e. The van der Waals surface area contributed by atoms with Crippen molar-refractivity contribution in [3.05, 3.63) is 100 Å². The summed E-state index contributed by atoms with van der Waals surface area (Å²) in [5.41, 5.74) is 8.60. The Kier molecular flexibility index (Phi) is 8.38. The molecule has 6 heteroatoms. The van der Waals surface area contributed by atoms with Gasteiger partial charge in [-0.15, -0.1) is 11.3 Å². The van der Waals surface area contributed by atoms with Crippen LogP contribution in [0.3, 0.4) is 0 Å². The number of hydrogen-bond donors (Lipinski definition) is 1. The Balaban J connectivity index is 0.00000144. The summed E-state index contributed by atoms with van der Waals surface area (Å²) in [6.07, 6.45) is 5.65. The summed E-state index contributed by atoms with van der Waals surface area (Å²) in [4.78, 5) is 21.6. The number of hydrogen-bond acceptors (Lipinski definition) is 4. The highest BCUT2D eigenvalue weighted by atomic mass is 35.5. The number of para-hydroxylation sites is 1. The van der Waals surface area contributed by atoms with E-state index in [9.17, 15) is 4.79 Å². The highest BCUT2D eigenvalue weighted by molar-refractivity contribution is 7.21. The van der Waals surface area contributed by atoms with Crippen LogP contribution in [0.15, 0.2) is 84.9 Å². The van der Waals surface area contributed by atoms with Gasteiger partial charge in [0, 0.05) is 33.6 Å². The Labute approximate surface area is 233 Å². The maximum atomic E-state index is 14.0. The number of nitrogens with zero attached hydrogens (tertiary/aromatic N) is 2. The van der Waals surface area contributed by atoms with Gasteiger partial charge in [-0.05, 0) is 49.7 Å². The van der Waals surface area contributed by atoms with E-state index in [1.165, 1.54) is 24.8 Å². The summed E-state index contributed by atoms with van der Waals surface area (Å²) >= 11 is 8.25. The van der Waals surface area contributed by atoms with Gasteiger partial charge in [0.15, 0.2) is 0 Å². The van der Waals surface area contributed by atoms with Crippen LogP contribution in [0, 0.1) is 0 Å². The van der Waals surface area contributed by atoms with Crippen molar-refractivity contribution in [1.82, 2.24) is 9.88 Å². The second-order valence-corrected chi connectivity index (χ2v) is 11.0. The highest BCUT2D eigenvalue weighted by Gasteiger charge is 2.29. The van der Waals surface area contributed by atoms with E-state index < -0.39 is 0 Å². The number of rotatable bonds is 5. The standard InChI is InChI=1S/C31H27ClN2OS.CH5N/c32-29-25-14-5-7-16-28(25)36-30(29)31(35)34(24-12-2-1-3-13-24)20-21-9-8-11-23(19-21)27-18-17-22-10-4-6-15-26(22)33-27;1-2/h4-11,14-19,24H,1-3,12-13,20H2;2H2,1H3. The summed E-state index contributed by atoms with van der Waals surface area (Å²) in [5, 5.41) is 2.67. The summed E-state index contributed by atoms with van der Waals surface area (Å²) in [5.74, 6) is 0.0438. The van der Waals surface area contributed by atoms with Crippen LogP contribution in [0.4, 0.5) is 0 Å². The van der Waals surface area contributed by atoms with Crippen molar-refractivity contribution in [3.8, 4) is 11.3 Å². The molecule has 6 rings (SSSR count). The Morgan fingerprint density at radius 3 is 2.53 bits per heavy atom. The average molecular weight is 542 g/mol. The van der Waals surface area contributed by atoms with Gasteiger partial charge in [-0.2, -0.15) is 0 Å². The van der Waals surface area contributed by atoms with Crippen molar-refractivity contribution in [3.63, 3.8) is 0 Å². The molecule has 1 amide bonds. The van der Waals surface area contributed by atoms with Gasteiger partial charge in [0.25, 0.3) is 5.91 Å². The van der Waals surface area contributed by atoms with E-state index in [0.29, 0.717) is 16.4 Å². The molecule has 1 saturated carbocycles. The predicted octanol–water partition coefficient (Wildman–Crippen LogP) is 8.32. The van der Waals surface area contributed by atoms with E-state index in [4.69, 9.17) is 16.6 Å². The SMILES string of the molecule is CN.O=C(c1sc2ccccc2c1Cl)N(Cc1cccc(-c2ccc3ccccc3n2)c1)C1CCCCC1. The van der Waals surface area contributed by atoms with E-state index in [2.05, 4.69) is 53.1 Å². The minimum atomic E-state index is 0.0438. The molecule has 0 aliphatic heterocycles. The van der Waals surface area contributed by atoms with Crippen LogP contribution in [0.2, 0.25) is 5.02 Å². The summed E-state index contributed by atoms with van der Waals surface area (Å²) < 4.78 is 1.05. The lowest BCUT2D eigenvalue weighted by molar-refractivity contribution is 0.0619. The van der Waals surface area contributed by atoms with Crippen LogP contribution >= 0.6 is 22.9 Å². The number of carbonyl (C=O) groups is 1. The minimum absolute atomic E-state index is 0.0438. The van der Waals surface area contributed by atoms with Crippen molar-refractivity contribution in [2.24, 2.45) is 5.73 Å². The molecule has 38 heavy (non-hydrogen) atoms. The second-order valence-electron chi connectivity index (χ2n) is 9.56. The van der Waals surface area contributed by atoms with Crippen LogP contribution in [-0.2, 0) is 6.54 Å². The topological polar surface area (TPSA) is 59.2 Å². The molecule has 1 fully saturated rings. The molecular weight excluding hydrogens is 510 g/mol. The lowest BCUT2D eigenvalue weighted by Gasteiger charge is -2.34. The monoisotopic (exact) mass is 541 g/mol. The molecule has 2 heterocycles. The van der Waals surface area contributed by atoms with Gasteiger partial charge in [0.2, 0.25) is 0 Å². The maximum absolute atomic E-state index is 14.0. The van der Waals surface area contributed by atoms with E-state index >= 15 is 0 Å². The molecule has 2 N–H and O–H groups in total. The zero-order chi connectivity index (χ0) is 26.5. The van der Waals surface area contributed by atoms with E-state index in [1.807, 2.05) is 42.5 Å². The summed E-state index contributed by atoms with van der Waals surface area (Å²) in [6.45, 7) is 0.565. The molecule has 0 unspecified atom stereocenters. The maximum Gasteiger partial charge on any atom is 0.266 e. The summed E-state index contributed by atoms with van der Waals surface area (Å²) in [7, 11) is 1.50. The van der Waals surface area contributed by atoms with Crippen molar-refractivity contribution in [2.45, 2.75) is 44.7 Å². The fraction of sp³-hybridized carbons (Fsp3) is 0.250. The van der Waals surface area contributed by atoms with Crippen LogP contribution in [-0.4, -0.2) is 28.9 Å². The van der Waals surface area contributed by atoms with E-state index in [-0.39, 0.29) is 11.9 Å². The molecule has 0 saturated heterocycles. The van der Waals surface area contributed by atoms with Crippen LogP contribution in [0.25, 0.3) is 32.2 Å². The molecule has 3 aromatic carbocycles. The number of halogens is 1. The number of aromatic nitrogens is 1. The fourth-order valence-corrected chi connectivity index (χ4v) is 6.76. The summed E-state index contributed by atoms with van der Waals surface area (Å²) in [6, 6.07) is 29.0. The smallest absolute Gasteiger partial charge is 0.266 e. The molecule has 0 bridgehead atoms. The third kappa shape index (κ3) is 5.46. The van der Waals surface area contributed by atoms with Crippen LogP contribution in [0.1, 0.15) is 47.3 Å². The van der Waals surface area contributed by atoms with Gasteiger partial charge in [-0.1, -0.05) is 91.5 Å². The quantitative estimate of drug-likeness (QED) is 0.243. The zero-order valence-corrected chi connectivity index (χ0v) is 23.1. The highest BCUT2D eigenvalue weighted by Crippen LogP contribution is 2.37. The van der Waals surface area contributed by atoms with Crippen LogP contribution in [0.5, 0.6) is 0 Å². The molecule has 1 aliphatic carbocycles. The van der Waals surface area contributed by atoms with E-state index in [0.717, 1.165) is 63.5 Å². The van der Waals surface area contributed by atoms with Gasteiger partial charge in [0.05, 0.1) is 16.2 Å². The molecule has 5 aromatic rings. The minimum Gasteiger partial charge on any atom is -0.333 e. The third-order valence-electron chi connectivity index (χ3n) is 7.18. The Bertz CT molecular complexity index is 1560. The molecule has 1 aliphatic rings. The first kappa shape index (κ1) is 26.4. The molecule has 194 valence electrons. The molecule has 0 spiro atoms. The number of carbonyl (C=O) groups excluding carboxylic acids is 1. The number of pyridine rings is 1. The number of benzene rings is 3. The first-order chi connectivity index (χ1) is 18.7. The molecule has 0 atom stereocenters. The molecular formula is C32H32ClN3OS. The lowest BCUT2D eigenvalue weighted by atomic mass is 9.93. The first-order valence-corrected chi connectivity index (χ1v) is 14.4. The van der Waals surface area contributed by atoms with Gasteiger partial charge in [-0.3, -0.25) is 4.79 Å². The number of thiophene rings is 1. The van der Waals surface area contributed by atoms with Crippen molar-refractivity contribution in [1.29, 1.82) is 0 Å².